The predicted octanol–water partition coefficient (Wildman–Crippen LogP) is 2.61. The number of benzene rings is 1. The third-order valence-electron chi connectivity index (χ3n) is 2.10. The van der Waals surface area contributed by atoms with Crippen molar-refractivity contribution in [3.8, 4) is 0 Å². The lowest BCUT2D eigenvalue weighted by molar-refractivity contribution is 0.142. The van der Waals surface area contributed by atoms with E-state index in [2.05, 4.69) is 5.32 Å². The third-order valence-corrected chi connectivity index (χ3v) is 2.10. The maximum absolute atomic E-state index is 13.2. The predicted molar refractivity (Wildman–Crippen MR) is 53.6 cm³/mol. The van der Waals surface area contributed by atoms with Crippen LogP contribution in [0.1, 0.15) is 12.5 Å². The van der Waals surface area contributed by atoms with Gasteiger partial charge in [0.15, 0.2) is 0 Å². The lowest BCUT2D eigenvalue weighted by Gasteiger charge is -2.13. The number of halogens is 3. The van der Waals surface area contributed by atoms with Crippen LogP contribution in [0.2, 0.25) is 0 Å². The van der Waals surface area contributed by atoms with Gasteiger partial charge < -0.3 is 5.32 Å². The van der Waals surface area contributed by atoms with E-state index in [0.29, 0.717) is 12.0 Å². The zero-order valence-corrected chi connectivity index (χ0v) is 8.51. The molecule has 15 heavy (non-hydrogen) atoms. The largest absolute Gasteiger partial charge is 0.309 e. The minimum atomic E-state index is -2.37. The molecule has 0 aliphatic rings. The van der Waals surface area contributed by atoms with Crippen LogP contribution < -0.4 is 5.32 Å². The first-order chi connectivity index (χ1) is 7.09. The van der Waals surface area contributed by atoms with E-state index >= 15 is 0 Å². The van der Waals surface area contributed by atoms with Gasteiger partial charge >= 0.3 is 0 Å². The highest BCUT2D eigenvalue weighted by Crippen LogP contribution is 2.09. The molecule has 0 heterocycles. The number of hydrogen-bond acceptors (Lipinski definition) is 1. The van der Waals surface area contributed by atoms with E-state index in [1.54, 1.807) is 25.1 Å². The number of hydrogen-bond donors (Lipinski definition) is 1. The Hall–Kier alpha value is -1.03. The van der Waals surface area contributed by atoms with E-state index in [1.807, 2.05) is 0 Å². The summed E-state index contributed by atoms with van der Waals surface area (Å²) in [6, 6.07) is 6.22. The molecule has 0 bridgehead atoms. The number of nitrogens with one attached hydrogen (secondary N) is 1. The maximum atomic E-state index is 13.2. The molecule has 4 heteroatoms. The SMILES string of the molecule is CC(Cc1ccccc1F)NCC(F)F. The average molecular weight is 217 g/mol. The standard InChI is InChI=1S/C11H14F3N/c1-8(15-7-11(13)14)6-9-4-2-3-5-10(9)12/h2-5,8,11,15H,6-7H2,1H3. The van der Waals surface area contributed by atoms with Crippen LogP contribution in [0.15, 0.2) is 24.3 Å². The maximum Gasteiger partial charge on any atom is 0.250 e. The second-order valence-electron chi connectivity index (χ2n) is 3.50. The monoisotopic (exact) mass is 217 g/mol. The normalized spacial score (nSPS) is 13.1. The van der Waals surface area contributed by atoms with Gasteiger partial charge in [0, 0.05) is 6.04 Å². The lowest BCUT2D eigenvalue weighted by Crippen LogP contribution is -2.32. The molecule has 1 atom stereocenters. The highest BCUT2D eigenvalue weighted by molar-refractivity contribution is 5.18. The molecule has 1 rings (SSSR count). The molecule has 0 saturated heterocycles. The van der Waals surface area contributed by atoms with Gasteiger partial charge in [-0.05, 0) is 25.0 Å². The summed E-state index contributed by atoms with van der Waals surface area (Å²) in [6.07, 6.45) is -1.95. The van der Waals surface area contributed by atoms with Gasteiger partial charge in [-0.3, -0.25) is 0 Å². The van der Waals surface area contributed by atoms with Crippen LogP contribution in [0.5, 0.6) is 0 Å². The van der Waals surface area contributed by atoms with Crippen LogP contribution in [0, 0.1) is 5.82 Å². The Labute approximate surface area is 87.3 Å². The molecule has 0 saturated carbocycles. The van der Waals surface area contributed by atoms with Gasteiger partial charge in [0.05, 0.1) is 6.54 Å². The zero-order valence-electron chi connectivity index (χ0n) is 8.51. The summed E-state index contributed by atoms with van der Waals surface area (Å²) in [6.45, 7) is 1.41. The van der Waals surface area contributed by atoms with Crippen molar-refractivity contribution in [2.24, 2.45) is 0 Å². The second-order valence-corrected chi connectivity index (χ2v) is 3.50. The van der Waals surface area contributed by atoms with E-state index in [9.17, 15) is 13.2 Å². The fourth-order valence-electron chi connectivity index (χ4n) is 1.36. The summed E-state index contributed by atoms with van der Waals surface area (Å²) in [4.78, 5) is 0. The highest BCUT2D eigenvalue weighted by atomic mass is 19.3. The molecule has 0 fully saturated rings. The smallest absolute Gasteiger partial charge is 0.250 e. The summed E-state index contributed by atoms with van der Waals surface area (Å²) in [7, 11) is 0. The first kappa shape index (κ1) is 12.0. The fraction of sp³-hybridized carbons (Fsp3) is 0.455. The van der Waals surface area contributed by atoms with Crippen LogP contribution in [0.4, 0.5) is 13.2 Å². The van der Waals surface area contributed by atoms with Crippen LogP contribution in [-0.4, -0.2) is 19.0 Å². The van der Waals surface area contributed by atoms with E-state index in [0.717, 1.165) is 0 Å². The number of rotatable bonds is 5. The summed E-state index contributed by atoms with van der Waals surface area (Å²) in [5, 5.41) is 2.64. The van der Waals surface area contributed by atoms with Crippen molar-refractivity contribution in [3.05, 3.63) is 35.6 Å². The molecule has 0 aliphatic heterocycles. The van der Waals surface area contributed by atoms with E-state index in [1.165, 1.54) is 6.07 Å². The second kappa shape index (κ2) is 5.75. The topological polar surface area (TPSA) is 12.0 Å². The van der Waals surface area contributed by atoms with Gasteiger partial charge in [-0.15, -0.1) is 0 Å². The quantitative estimate of drug-likeness (QED) is 0.799. The molecular weight excluding hydrogens is 203 g/mol. The van der Waals surface area contributed by atoms with Crippen molar-refractivity contribution in [3.63, 3.8) is 0 Å². The summed E-state index contributed by atoms with van der Waals surface area (Å²) in [5.74, 6) is -0.289. The van der Waals surface area contributed by atoms with Crippen molar-refractivity contribution in [1.82, 2.24) is 5.32 Å². The first-order valence-electron chi connectivity index (χ1n) is 4.84. The van der Waals surface area contributed by atoms with Gasteiger partial charge in [0.2, 0.25) is 0 Å². The molecule has 84 valence electrons. The molecule has 0 amide bonds. The van der Waals surface area contributed by atoms with E-state index in [4.69, 9.17) is 0 Å². The van der Waals surface area contributed by atoms with E-state index in [-0.39, 0.29) is 18.4 Å². The van der Waals surface area contributed by atoms with Crippen molar-refractivity contribution in [1.29, 1.82) is 0 Å². The van der Waals surface area contributed by atoms with E-state index < -0.39 is 6.43 Å². The van der Waals surface area contributed by atoms with Gasteiger partial charge in [0.25, 0.3) is 6.43 Å². The Morgan fingerprint density at radius 2 is 1.93 bits per heavy atom. The first-order valence-corrected chi connectivity index (χ1v) is 4.84. The van der Waals surface area contributed by atoms with Crippen molar-refractivity contribution < 1.29 is 13.2 Å². The van der Waals surface area contributed by atoms with Crippen molar-refractivity contribution in [2.75, 3.05) is 6.54 Å². The molecule has 1 nitrogen and oxygen atoms in total. The van der Waals surface area contributed by atoms with Crippen molar-refractivity contribution >= 4 is 0 Å². The lowest BCUT2D eigenvalue weighted by atomic mass is 10.1. The third kappa shape index (κ3) is 4.34. The summed E-state index contributed by atoms with van der Waals surface area (Å²) >= 11 is 0. The van der Waals surface area contributed by atoms with Crippen LogP contribution in [0.25, 0.3) is 0 Å². The molecule has 0 radical (unpaired) electrons. The molecule has 1 aromatic carbocycles. The number of alkyl halides is 2. The van der Waals surface area contributed by atoms with Gasteiger partial charge in [-0.25, -0.2) is 13.2 Å². The Morgan fingerprint density at radius 3 is 2.53 bits per heavy atom. The van der Waals surface area contributed by atoms with Crippen LogP contribution >= 0.6 is 0 Å². The molecule has 0 aromatic heterocycles. The molecule has 0 aliphatic carbocycles. The molecular formula is C11H14F3N. The van der Waals surface area contributed by atoms with Gasteiger partial charge in [-0.2, -0.15) is 0 Å². The summed E-state index contributed by atoms with van der Waals surface area (Å²) < 4.78 is 36.9. The Kier molecular flexibility index (Phi) is 4.62. The van der Waals surface area contributed by atoms with Crippen LogP contribution in [-0.2, 0) is 6.42 Å². The van der Waals surface area contributed by atoms with Crippen LogP contribution in [0.3, 0.4) is 0 Å². The Morgan fingerprint density at radius 1 is 1.27 bits per heavy atom. The van der Waals surface area contributed by atoms with Crippen molar-refractivity contribution in [2.45, 2.75) is 25.8 Å². The van der Waals surface area contributed by atoms with Gasteiger partial charge in [0.1, 0.15) is 5.82 Å². The molecule has 1 aromatic rings. The fourth-order valence-corrected chi connectivity index (χ4v) is 1.36. The Bertz CT molecular complexity index is 302. The Balaban J connectivity index is 2.44. The minimum Gasteiger partial charge on any atom is -0.309 e. The molecule has 1 N–H and O–H groups in total. The average Bonchev–Trinajstić information content (AvgIpc) is 2.18. The zero-order chi connectivity index (χ0) is 11.3. The highest BCUT2D eigenvalue weighted by Gasteiger charge is 2.09. The minimum absolute atomic E-state index is 0.157. The molecule has 1 unspecified atom stereocenters. The van der Waals surface area contributed by atoms with Gasteiger partial charge in [-0.1, -0.05) is 18.2 Å². The molecule has 0 spiro atoms. The summed E-state index contributed by atoms with van der Waals surface area (Å²) in [5.41, 5.74) is 0.548.